The topological polar surface area (TPSA) is 300 Å². The van der Waals surface area contributed by atoms with E-state index in [1.54, 1.807) is 83.1 Å². The molecule has 71 heavy (non-hydrogen) atoms. The van der Waals surface area contributed by atoms with Crippen LogP contribution in [-0.4, -0.2) is 125 Å². The minimum atomic E-state index is -1.10. The molecule has 6 N–H and O–H groups in total. The number of nitrogens with one attached hydrogen (secondary N) is 4. The molecule has 22 heteroatoms. The first-order valence-electron chi connectivity index (χ1n) is 23.0. The van der Waals surface area contributed by atoms with Crippen LogP contribution in [0.5, 0.6) is 0 Å². The van der Waals surface area contributed by atoms with E-state index < -0.39 is 92.8 Å². The van der Waals surface area contributed by atoms with Crippen molar-refractivity contribution in [1.29, 1.82) is 0 Å². The minimum Gasteiger partial charge on any atom is -0.870 e. The first-order valence-corrected chi connectivity index (χ1v) is 23.0. The second kappa shape index (κ2) is 28.4. The molecule has 4 aliphatic rings. The van der Waals surface area contributed by atoms with Crippen LogP contribution in [0.4, 0.5) is 19.2 Å². The number of methoxy groups -OCH3 is 3. The van der Waals surface area contributed by atoms with Gasteiger partial charge < -0.3 is 65.0 Å². The van der Waals surface area contributed by atoms with Crippen molar-refractivity contribution in [3.8, 4) is 0 Å². The standard InChI is InChI=1S/3C12H21NO4.C11H19NO4.2CH4.Na.H2O/c3*1-6-8-7-12(8,9(14)16-5)13-10(15)17-11(2,3)4;1-5-7-6-11(7,8(13)14)12-9(15)16-10(2,3)4;;;;/h3*8H,6-7H2,1-5H3,(H,13,15);7H,5-6H2,1-4H3,(H,12,15)(H,13,14);2*1H4;;1H2/q;;;;;;+1;/p-1/t8?,12-;8-,12+;;7?,11-;;;;/m00.0..../s1. The molecule has 0 radical (unpaired) electrons. The fraction of sp³-hybridized carbons (Fsp3) is 0.837. The van der Waals surface area contributed by atoms with Crippen molar-refractivity contribution < 1.29 is 112 Å². The number of rotatable bonds is 12. The van der Waals surface area contributed by atoms with Crippen molar-refractivity contribution >= 4 is 48.3 Å². The number of carbonyl (C=O) groups is 8. The Labute approximate surface area is 445 Å². The number of carboxylic acid groups (broad SMARTS) is 1. The molecule has 8 atom stereocenters. The summed E-state index contributed by atoms with van der Waals surface area (Å²) in [6.07, 6.45) is 3.18. The maximum Gasteiger partial charge on any atom is 1.00 e. The van der Waals surface area contributed by atoms with E-state index in [0.29, 0.717) is 25.7 Å². The SMILES string of the molecule is C.C.CCC1CC1(NC(=O)OC(C)(C)C)C(=O)OC.CCC1C[C@@]1(NC(=O)OC(C)(C)C)C(=O)O.CCC1C[C@@]1(NC(=O)OC(C)(C)C)C(=O)OC.CC[C@H]1C[C@]1(NC(=O)OC(C)(C)C)C(=O)OC.[Na+].[OH-]. The van der Waals surface area contributed by atoms with E-state index in [0.717, 1.165) is 25.7 Å². The normalized spacial score (nSPS) is 26.0. The van der Waals surface area contributed by atoms with E-state index in [2.05, 4.69) is 21.3 Å². The molecule has 0 aromatic heterocycles. The zero-order valence-electron chi connectivity index (χ0n) is 45.0. The zero-order chi connectivity index (χ0) is 52.4. The van der Waals surface area contributed by atoms with Gasteiger partial charge >= 0.3 is 77.8 Å². The van der Waals surface area contributed by atoms with Crippen LogP contribution in [0.25, 0.3) is 0 Å². The molecule has 0 aromatic carbocycles. The summed E-state index contributed by atoms with van der Waals surface area (Å²) in [5, 5.41) is 19.5. The van der Waals surface area contributed by atoms with Crippen molar-refractivity contribution in [3.05, 3.63) is 0 Å². The van der Waals surface area contributed by atoms with Crippen LogP contribution in [0.15, 0.2) is 0 Å². The van der Waals surface area contributed by atoms with E-state index in [1.165, 1.54) is 21.3 Å². The van der Waals surface area contributed by atoms with Gasteiger partial charge in [-0.15, -0.1) is 0 Å². The number of amides is 4. The Kier molecular flexibility index (Phi) is 29.4. The molecule has 0 aromatic rings. The molecule has 0 heterocycles. The number of ether oxygens (including phenoxy) is 7. The third-order valence-corrected chi connectivity index (χ3v) is 11.3. The average molecular weight is 1030 g/mol. The Balaban J connectivity index is -0.000000414. The van der Waals surface area contributed by atoms with Crippen molar-refractivity contribution in [2.45, 2.75) is 222 Å². The fourth-order valence-corrected chi connectivity index (χ4v) is 7.61. The number of aliphatic carboxylic acids is 1. The second-order valence-corrected chi connectivity index (χ2v) is 21.4. The van der Waals surface area contributed by atoms with Crippen LogP contribution in [0, 0.1) is 23.7 Å². The van der Waals surface area contributed by atoms with Gasteiger partial charge in [-0.25, -0.2) is 38.4 Å². The molecule has 4 amide bonds. The molecule has 4 rings (SSSR count). The van der Waals surface area contributed by atoms with E-state index in [9.17, 15) is 38.4 Å². The van der Waals surface area contributed by atoms with Crippen LogP contribution in [0.1, 0.15) is 177 Å². The van der Waals surface area contributed by atoms with Crippen molar-refractivity contribution in [1.82, 2.24) is 21.3 Å². The smallest absolute Gasteiger partial charge is 0.870 e. The number of hydrogen-bond donors (Lipinski definition) is 5. The molecule has 4 aliphatic carbocycles. The van der Waals surface area contributed by atoms with Gasteiger partial charge in [-0.05, 0) is 132 Å². The third kappa shape index (κ3) is 22.3. The predicted molar refractivity (Wildman–Crippen MR) is 261 cm³/mol. The van der Waals surface area contributed by atoms with E-state index in [1.807, 2.05) is 27.7 Å². The molecule has 21 nitrogen and oxygen atoms in total. The molecule has 0 bridgehead atoms. The number of hydrogen-bond acceptors (Lipinski definition) is 16. The minimum absolute atomic E-state index is 0. The summed E-state index contributed by atoms with van der Waals surface area (Å²) in [6.45, 7) is 29.1. The van der Waals surface area contributed by atoms with Gasteiger partial charge in [0.25, 0.3) is 0 Å². The van der Waals surface area contributed by atoms with Gasteiger partial charge in [0.05, 0.1) is 21.3 Å². The second-order valence-electron chi connectivity index (χ2n) is 21.4. The van der Waals surface area contributed by atoms with Gasteiger partial charge in [-0.1, -0.05) is 68.2 Å². The summed E-state index contributed by atoms with van der Waals surface area (Å²) < 4.78 is 34.7. The summed E-state index contributed by atoms with van der Waals surface area (Å²) in [6, 6.07) is 0. The molecule has 0 spiro atoms. The van der Waals surface area contributed by atoms with Crippen molar-refractivity contribution in [2.24, 2.45) is 23.7 Å². The van der Waals surface area contributed by atoms with Crippen LogP contribution in [0.3, 0.4) is 0 Å². The number of alkyl carbamates (subject to hydrolysis) is 4. The third-order valence-electron chi connectivity index (χ3n) is 11.3. The van der Waals surface area contributed by atoms with Gasteiger partial charge in [-0.3, -0.25) is 0 Å². The summed E-state index contributed by atoms with van der Waals surface area (Å²) in [5.74, 6) is -1.73. The van der Waals surface area contributed by atoms with Crippen molar-refractivity contribution in [3.63, 3.8) is 0 Å². The molecular formula is C49H91N4NaO17. The number of carbonyl (C=O) groups excluding carboxylic acids is 7. The predicted octanol–water partition coefficient (Wildman–Crippen LogP) is 5.42. The maximum atomic E-state index is 11.7. The Bertz CT molecular complexity index is 1640. The molecule has 4 saturated carbocycles. The van der Waals surface area contributed by atoms with Crippen LogP contribution < -0.4 is 50.8 Å². The van der Waals surface area contributed by atoms with E-state index >= 15 is 0 Å². The summed E-state index contributed by atoms with van der Waals surface area (Å²) in [5.41, 5.74) is -6.03. The van der Waals surface area contributed by atoms with Crippen LogP contribution >= 0.6 is 0 Å². The van der Waals surface area contributed by atoms with Gasteiger partial charge in [-0.2, -0.15) is 0 Å². The van der Waals surface area contributed by atoms with Gasteiger partial charge in [0, 0.05) is 0 Å². The molecule has 0 saturated heterocycles. The Hall–Kier alpha value is -4.08. The Morgan fingerprint density at radius 2 is 0.592 bits per heavy atom. The summed E-state index contributed by atoms with van der Waals surface area (Å²) >= 11 is 0. The molecular weight excluding hydrogens is 940 g/mol. The zero-order valence-corrected chi connectivity index (χ0v) is 47.0. The Morgan fingerprint density at radius 1 is 0.423 bits per heavy atom. The first kappa shape index (κ1) is 73.5. The van der Waals surface area contributed by atoms with Gasteiger partial charge in [0.1, 0.15) is 44.6 Å². The van der Waals surface area contributed by atoms with Crippen LogP contribution in [0.2, 0.25) is 0 Å². The fourth-order valence-electron chi connectivity index (χ4n) is 7.61. The quantitative estimate of drug-likeness (QED) is 0.0926. The summed E-state index contributed by atoms with van der Waals surface area (Å²) in [4.78, 5) is 92.6. The van der Waals surface area contributed by atoms with Crippen molar-refractivity contribution in [2.75, 3.05) is 21.3 Å². The molecule has 4 fully saturated rings. The average Bonchev–Trinajstić information content (AvgIpc) is 4.05. The Morgan fingerprint density at radius 3 is 0.718 bits per heavy atom. The van der Waals surface area contributed by atoms with Gasteiger partial charge in [0.2, 0.25) is 0 Å². The van der Waals surface area contributed by atoms with E-state index in [-0.39, 0.29) is 73.6 Å². The molecule has 410 valence electrons. The van der Waals surface area contributed by atoms with Gasteiger partial charge in [0.15, 0.2) is 0 Å². The number of esters is 3. The van der Waals surface area contributed by atoms with Crippen LogP contribution in [-0.2, 0) is 52.3 Å². The first-order chi connectivity index (χ1) is 30.5. The molecule has 0 aliphatic heterocycles. The monoisotopic (exact) mass is 1030 g/mol. The van der Waals surface area contributed by atoms with E-state index in [4.69, 9.17) is 38.3 Å². The number of carboxylic acids is 1. The maximum absolute atomic E-state index is 11.7. The molecule has 4 unspecified atom stereocenters. The summed E-state index contributed by atoms with van der Waals surface area (Å²) in [7, 11) is 3.98. The largest absolute Gasteiger partial charge is 1.00 e.